The summed E-state index contributed by atoms with van der Waals surface area (Å²) in [5.41, 5.74) is 5.50. The predicted molar refractivity (Wildman–Crippen MR) is 56.5 cm³/mol. The summed E-state index contributed by atoms with van der Waals surface area (Å²) in [6.07, 6.45) is 1.81. The molecular weight excluding hydrogens is 194 g/mol. The smallest absolute Gasteiger partial charge is 0.410 e. The van der Waals surface area contributed by atoms with E-state index in [-0.39, 0.29) is 12.2 Å². The van der Waals surface area contributed by atoms with E-state index in [0.29, 0.717) is 19.1 Å². The van der Waals surface area contributed by atoms with Crippen molar-refractivity contribution in [1.82, 2.24) is 9.80 Å². The molecule has 86 valence electrons. The molecule has 2 N–H and O–H groups in total. The lowest BCUT2D eigenvalue weighted by molar-refractivity contribution is 0.117. The maximum Gasteiger partial charge on any atom is 0.410 e. The van der Waals surface area contributed by atoms with E-state index in [2.05, 4.69) is 11.9 Å². The van der Waals surface area contributed by atoms with Crippen LogP contribution in [0.25, 0.3) is 0 Å². The Hall–Kier alpha value is -0.810. The second-order valence-electron chi connectivity index (χ2n) is 4.43. The highest BCUT2D eigenvalue weighted by molar-refractivity contribution is 5.70. The number of ether oxygens (including phenoxy) is 1. The SMILES string of the molecule is CN1CCC(N2CC(CN)OC2=O)CC1. The van der Waals surface area contributed by atoms with Gasteiger partial charge in [0.15, 0.2) is 0 Å². The Balaban J connectivity index is 1.91. The minimum absolute atomic E-state index is 0.0999. The maximum absolute atomic E-state index is 11.6. The van der Waals surface area contributed by atoms with Crippen molar-refractivity contribution in [2.45, 2.75) is 25.0 Å². The van der Waals surface area contributed by atoms with E-state index < -0.39 is 0 Å². The molecule has 2 aliphatic rings. The number of nitrogens with zero attached hydrogens (tertiary/aromatic N) is 2. The van der Waals surface area contributed by atoms with Crippen LogP contribution in [0.4, 0.5) is 4.79 Å². The van der Waals surface area contributed by atoms with Crippen LogP contribution in [0.3, 0.4) is 0 Å². The number of amides is 1. The number of piperidine rings is 1. The van der Waals surface area contributed by atoms with Crippen molar-refractivity contribution in [3.05, 3.63) is 0 Å². The summed E-state index contributed by atoms with van der Waals surface area (Å²) in [6, 6.07) is 0.352. The van der Waals surface area contributed by atoms with Crippen LogP contribution >= 0.6 is 0 Å². The van der Waals surface area contributed by atoms with Crippen LogP contribution in [-0.2, 0) is 4.74 Å². The number of carbonyl (C=O) groups is 1. The third kappa shape index (κ3) is 2.23. The number of carbonyl (C=O) groups excluding carboxylic acids is 1. The van der Waals surface area contributed by atoms with Gasteiger partial charge in [0.25, 0.3) is 0 Å². The van der Waals surface area contributed by atoms with Gasteiger partial charge in [-0.1, -0.05) is 0 Å². The van der Waals surface area contributed by atoms with Gasteiger partial charge in [-0.15, -0.1) is 0 Å². The molecule has 0 aromatic carbocycles. The number of hydrogen-bond donors (Lipinski definition) is 1. The molecule has 1 unspecified atom stereocenters. The summed E-state index contributed by atoms with van der Waals surface area (Å²) < 4.78 is 5.15. The Bertz CT molecular complexity index is 239. The zero-order chi connectivity index (χ0) is 10.8. The molecule has 2 aliphatic heterocycles. The van der Waals surface area contributed by atoms with E-state index in [0.717, 1.165) is 25.9 Å². The largest absolute Gasteiger partial charge is 0.443 e. The summed E-state index contributed by atoms with van der Waals surface area (Å²) >= 11 is 0. The Morgan fingerprint density at radius 3 is 2.67 bits per heavy atom. The summed E-state index contributed by atoms with van der Waals surface area (Å²) in [7, 11) is 2.11. The third-order valence-corrected chi connectivity index (χ3v) is 3.29. The van der Waals surface area contributed by atoms with Crippen LogP contribution in [0.1, 0.15) is 12.8 Å². The van der Waals surface area contributed by atoms with Crippen molar-refractivity contribution in [3.8, 4) is 0 Å². The lowest BCUT2D eigenvalue weighted by atomic mass is 10.0. The molecule has 0 spiro atoms. The van der Waals surface area contributed by atoms with Gasteiger partial charge in [-0.2, -0.15) is 0 Å². The summed E-state index contributed by atoms with van der Waals surface area (Å²) in [5.74, 6) is 0. The fourth-order valence-corrected chi connectivity index (χ4v) is 2.27. The summed E-state index contributed by atoms with van der Waals surface area (Å²) in [6.45, 7) is 3.21. The van der Waals surface area contributed by atoms with E-state index in [1.54, 1.807) is 0 Å². The minimum atomic E-state index is -0.181. The van der Waals surface area contributed by atoms with Gasteiger partial charge in [0.2, 0.25) is 0 Å². The molecule has 0 aromatic heterocycles. The molecule has 1 atom stereocenters. The lowest BCUT2D eigenvalue weighted by Crippen LogP contribution is -2.44. The van der Waals surface area contributed by atoms with Crippen molar-refractivity contribution < 1.29 is 9.53 Å². The Labute approximate surface area is 90.1 Å². The van der Waals surface area contributed by atoms with Gasteiger partial charge in [-0.05, 0) is 33.0 Å². The van der Waals surface area contributed by atoms with Crippen LogP contribution < -0.4 is 5.73 Å². The molecular formula is C10H19N3O2. The standard InChI is InChI=1S/C10H19N3O2/c1-12-4-2-8(3-5-12)13-7-9(6-11)15-10(13)14/h8-9H,2-7,11H2,1H3. The number of likely N-dealkylation sites (tertiary alicyclic amines) is 1. The fraction of sp³-hybridized carbons (Fsp3) is 0.900. The molecule has 5 heteroatoms. The van der Waals surface area contributed by atoms with Gasteiger partial charge < -0.3 is 20.3 Å². The molecule has 2 heterocycles. The van der Waals surface area contributed by atoms with Gasteiger partial charge >= 0.3 is 6.09 Å². The normalized spacial score (nSPS) is 29.6. The van der Waals surface area contributed by atoms with Gasteiger partial charge in [0.05, 0.1) is 6.54 Å². The Morgan fingerprint density at radius 1 is 1.47 bits per heavy atom. The first-order chi connectivity index (χ1) is 7.20. The molecule has 0 aromatic rings. The van der Waals surface area contributed by atoms with Gasteiger partial charge in [-0.25, -0.2) is 4.79 Å². The van der Waals surface area contributed by atoms with Gasteiger partial charge in [-0.3, -0.25) is 0 Å². The van der Waals surface area contributed by atoms with E-state index in [1.807, 2.05) is 4.90 Å². The fourth-order valence-electron chi connectivity index (χ4n) is 2.27. The number of rotatable bonds is 2. The highest BCUT2D eigenvalue weighted by atomic mass is 16.6. The average molecular weight is 213 g/mol. The second kappa shape index (κ2) is 4.37. The lowest BCUT2D eigenvalue weighted by Gasteiger charge is -2.33. The maximum atomic E-state index is 11.6. The molecule has 5 nitrogen and oxygen atoms in total. The Kier molecular flexibility index (Phi) is 3.11. The van der Waals surface area contributed by atoms with Crippen LogP contribution in [0.5, 0.6) is 0 Å². The molecule has 15 heavy (non-hydrogen) atoms. The topological polar surface area (TPSA) is 58.8 Å². The Morgan fingerprint density at radius 2 is 2.13 bits per heavy atom. The molecule has 0 bridgehead atoms. The molecule has 1 amide bonds. The highest BCUT2D eigenvalue weighted by Crippen LogP contribution is 2.21. The molecule has 2 rings (SSSR count). The molecule has 0 aliphatic carbocycles. The number of cyclic esters (lactones) is 1. The van der Waals surface area contributed by atoms with Crippen LogP contribution in [0, 0.1) is 0 Å². The van der Waals surface area contributed by atoms with E-state index in [1.165, 1.54) is 0 Å². The molecule has 2 saturated heterocycles. The second-order valence-corrected chi connectivity index (χ2v) is 4.43. The predicted octanol–water partition coefficient (Wildman–Crippen LogP) is -0.140. The van der Waals surface area contributed by atoms with E-state index in [9.17, 15) is 4.79 Å². The third-order valence-electron chi connectivity index (χ3n) is 3.29. The highest BCUT2D eigenvalue weighted by Gasteiger charge is 2.36. The number of nitrogens with two attached hydrogens (primary N) is 1. The summed E-state index contributed by atoms with van der Waals surface area (Å²) in [5, 5.41) is 0. The summed E-state index contributed by atoms with van der Waals surface area (Å²) in [4.78, 5) is 15.7. The average Bonchev–Trinajstić information content (AvgIpc) is 2.61. The first kappa shape index (κ1) is 10.7. The van der Waals surface area contributed by atoms with Crippen molar-refractivity contribution in [2.24, 2.45) is 5.73 Å². The van der Waals surface area contributed by atoms with Crippen LogP contribution in [0.15, 0.2) is 0 Å². The van der Waals surface area contributed by atoms with Gasteiger partial charge in [0, 0.05) is 12.6 Å². The molecule has 0 radical (unpaired) electrons. The van der Waals surface area contributed by atoms with Crippen molar-refractivity contribution in [1.29, 1.82) is 0 Å². The van der Waals surface area contributed by atoms with E-state index in [4.69, 9.17) is 10.5 Å². The van der Waals surface area contributed by atoms with Crippen molar-refractivity contribution >= 4 is 6.09 Å². The molecule has 2 fully saturated rings. The zero-order valence-electron chi connectivity index (χ0n) is 9.19. The van der Waals surface area contributed by atoms with Gasteiger partial charge in [0.1, 0.15) is 6.10 Å². The monoisotopic (exact) mass is 213 g/mol. The van der Waals surface area contributed by atoms with Crippen LogP contribution in [0.2, 0.25) is 0 Å². The quantitative estimate of drug-likeness (QED) is 0.693. The van der Waals surface area contributed by atoms with Crippen LogP contribution in [-0.4, -0.2) is 61.3 Å². The first-order valence-corrected chi connectivity index (χ1v) is 5.56. The number of hydrogen-bond acceptors (Lipinski definition) is 4. The van der Waals surface area contributed by atoms with Crippen molar-refractivity contribution in [2.75, 3.05) is 33.2 Å². The van der Waals surface area contributed by atoms with Crippen molar-refractivity contribution in [3.63, 3.8) is 0 Å². The zero-order valence-corrected chi connectivity index (χ0v) is 9.19. The molecule has 0 saturated carbocycles. The minimum Gasteiger partial charge on any atom is -0.443 e. The first-order valence-electron chi connectivity index (χ1n) is 5.56. The van der Waals surface area contributed by atoms with E-state index >= 15 is 0 Å².